The van der Waals surface area contributed by atoms with Crippen LogP contribution in [0.3, 0.4) is 0 Å². The monoisotopic (exact) mass is 234 g/mol. The number of aliphatic hydroxyl groups excluding tert-OH is 2. The first-order valence-electron chi connectivity index (χ1n) is 3.43. The second kappa shape index (κ2) is 4.31. The minimum absolute atomic E-state index is 0.140. The van der Waals surface area contributed by atoms with Gasteiger partial charge in [0.15, 0.2) is 6.29 Å². The summed E-state index contributed by atoms with van der Waals surface area (Å²) >= 11 is 17.0. The van der Waals surface area contributed by atoms with Crippen LogP contribution in [0.4, 0.5) is 0 Å². The molecule has 0 amide bonds. The molecule has 0 aromatic heterocycles. The Morgan fingerprint density at radius 2 is 1.75 bits per heavy atom. The van der Waals surface area contributed by atoms with E-state index in [2.05, 4.69) is 0 Å². The number of ether oxygens (including phenoxy) is 1. The van der Waals surface area contributed by atoms with Gasteiger partial charge in [-0.15, -0.1) is 34.8 Å². The van der Waals surface area contributed by atoms with Crippen LogP contribution in [0, 0.1) is 0 Å². The maximum atomic E-state index is 9.20. The minimum Gasteiger partial charge on any atom is -0.386 e. The Labute approximate surface area is 85.2 Å². The molecular weight excluding hydrogens is 226 g/mol. The van der Waals surface area contributed by atoms with Crippen molar-refractivity contribution in [2.75, 3.05) is 5.88 Å². The van der Waals surface area contributed by atoms with E-state index in [1.807, 2.05) is 0 Å². The first-order chi connectivity index (χ1) is 5.57. The molecule has 0 aliphatic carbocycles. The van der Waals surface area contributed by atoms with Gasteiger partial charge in [0.05, 0.1) is 22.7 Å². The summed E-state index contributed by atoms with van der Waals surface area (Å²) in [6.45, 7) is 0. The molecule has 0 aromatic carbocycles. The topological polar surface area (TPSA) is 49.7 Å². The second-order valence-electron chi connectivity index (χ2n) is 2.60. The summed E-state index contributed by atoms with van der Waals surface area (Å²) < 4.78 is 4.89. The van der Waals surface area contributed by atoms with Crippen molar-refractivity contribution in [3.63, 3.8) is 0 Å². The third kappa shape index (κ3) is 1.97. The molecule has 0 bridgehead atoms. The van der Waals surface area contributed by atoms with Gasteiger partial charge >= 0.3 is 0 Å². The Morgan fingerprint density at radius 1 is 1.17 bits per heavy atom. The lowest BCUT2D eigenvalue weighted by Crippen LogP contribution is -2.53. The van der Waals surface area contributed by atoms with Crippen molar-refractivity contribution < 1.29 is 14.9 Å². The Kier molecular flexibility index (Phi) is 3.89. The Hall–Kier alpha value is 0.750. The summed E-state index contributed by atoms with van der Waals surface area (Å²) in [6.07, 6.45) is -2.98. The van der Waals surface area contributed by atoms with Gasteiger partial charge in [-0.2, -0.15) is 0 Å². The van der Waals surface area contributed by atoms with Crippen LogP contribution < -0.4 is 0 Å². The molecule has 2 N–H and O–H groups in total. The zero-order chi connectivity index (χ0) is 9.30. The molecule has 6 heteroatoms. The lowest BCUT2D eigenvalue weighted by Gasteiger charge is -2.36. The molecule has 0 radical (unpaired) electrons. The van der Waals surface area contributed by atoms with E-state index in [-0.39, 0.29) is 5.88 Å². The van der Waals surface area contributed by atoms with Crippen molar-refractivity contribution in [2.24, 2.45) is 0 Å². The quantitative estimate of drug-likeness (QED) is 0.652. The fraction of sp³-hybridized carbons (Fsp3) is 1.00. The van der Waals surface area contributed by atoms with Crippen molar-refractivity contribution in [3.8, 4) is 0 Å². The van der Waals surface area contributed by atoms with Crippen LogP contribution in [0.1, 0.15) is 0 Å². The number of hydrogen-bond acceptors (Lipinski definition) is 3. The molecule has 1 heterocycles. The summed E-state index contributed by atoms with van der Waals surface area (Å²) in [7, 11) is 0. The first kappa shape index (κ1) is 10.8. The van der Waals surface area contributed by atoms with Crippen LogP contribution in [0.25, 0.3) is 0 Å². The van der Waals surface area contributed by atoms with Gasteiger partial charge in [0.1, 0.15) is 6.10 Å². The van der Waals surface area contributed by atoms with E-state index in [0.29, 0.717) is 0 Å². The van der Waals surface area contributed by atoms with E-state index < -0.39 is 29.3 Å². The summed E-state index contributed by atoms with van der Waals surface area (Å²) in [5, 5.41) is 17.0. The molecule has 1 saturated heterocycles. The lowest BCUT2D eigenvalue weighted by atomic mass is 10.1. The lowest BCUT2D eigenvalue weighted by molar-refractivity contribution is -0.206. The van der Waals surface area contributed by atoms with E-state index >= 15 is 0 Å². The van der Waals surface area contributed by atoms with Gasteiger partial charge in [-0.05, 0) is 0 Å². The number of halogens is 3. The highest BCUT2D eigenvalue weighted by Crippen LogP contribution is 2.28. The van der Waals surface area contributed by atoms with Crippen LogP contribution >= 0.6 is 34.8 Å². The molecule has 3 nitrogen and oxygen atoms in total. The molecular formula is C6H9Cl3O3. The largest absolute Gasteiger partial charge is 0.386 e. The van der Waals surface area contributed by atoms with Crippen molar-refractivity contribution in [2.45, 2.75) is 29.3 Å². The Bertz CT molecular complexity index is 152. The number of alkyl halides is 3. The Morgan fingerprint density at radius 3 is 2.25 bits per heavy atom. The van der Waals surface area contributed by atoms with Crippen molar-refractivity contribution in [3.05, 3.63) is 0 Å². The van der Waals surface area contributed by atoms with Gasteiger partial charge in [-0.1, -0.05) is 0 Å². The predicted molar refractivity (Wildman–Crippen MR) is 46.9 cm³/mol. The molecule has 1 unspecified atom stereocenters. The molecule has 0 spiro atoms. The average molecular weight is 235 g/mol. The zero-order valence-corrected chi connectivity index (χ0v) is 8.30. The van der Waals surface area contributed by atoms with Crippen LogP contribution in [0.2, 0.25) is 0 Å². The molecule has 1 aliphatic rings. The SMILES string of the molecule is OC1O[C@H](CCl)[C@@H](Cl)[C@H](Cl)[C@H]1O. The Balaban J connectivity index is 2.63. The normalized spacial score (nSPS) is 49.2. The minimum atomic E-state index is -1.30. The van der Waals surface area contributed by atoms with Gasteiger partial charge in [0.25, 0.3) is 0 Å². The van der Waals surface area contributed by atoms with Crippen LogP contribution in [0.15, 0.2) is 0 Å². The summed E-state index contributed by atoms with van der Waals surface area (Å²) in [6, 6.07) is 0. The summed E-state index contributed by atoms with van der Waals surface area (Å²) in [4.78, 5) is 0. The van der Waals surface area contributed by atoms with Gasteiger partial charge in [-0.3, -0.25) is 0 Å². The fourth-order valence-electron chi connectivity index (χ4n) is 1.01. The van der Waals surface area contributed by atoms with Crippen molar-refractivity contribution >= 4 is 34.8 Å². The van der Waals surface area contributed by atoms with Crippen molar-refractivity contribution in [1.82, 2.24) is 0 Å². The molecule has 12 heavy (non-hydrogen) atoms. The number of aliphatic hydroxyl groups is 2. The molecule has 72 valence electrons. The van der Waals surface area contributed by atoms with E-state index in [9.17, 15) is 5.11 Å². The van der Waals surface area contributed by atoms with Crippen LogP contribution in [-0.2, 0) is 4.74 Å². The van der Waals surface area contributed by atoms with E-state index in [0.717, 1.165) is 0 Å². The third-order valence-corrected chi connectivity index (χ3v) is 3.26. The van der Waals surface area contributed by atoms with E-state index in [4.69, 9.17) is 44.6 Å². The molecule has 1 fully saturated rings. The zero-order valence-electron chi connectivity index (χ0n) is 6.03. The fourth-order valence-corrected chi connectivity index (χ4v) is 1.95. The van der Waals surface area contributed by atoms with Gasteiger partial charge < -0.3 is 14.9 Å². The number of hydrogen-bond donors (Lipinski definition) is 2. The summed E-state index contributed by atoms with van der Waals surface area (Å²) in [5.41, 5.74) is 0. The average Bonchev–Trinajstić information content (AvgIpc) is 2.08. The molecule has 0 saturated carbocycles. The highest BCUT2D eigenvalue weighted by atomic mass is 35.5. The van der Waals surface area contributed by atoms with Gasteiger partial charge in [0.2, 0.25) is 0 Å². The van der Waals surface area contributed by atoms with Crippen LogP contribution in [-0.4, -0.2) is 45.3 Å². The number of rotatable bonds is 1. The van der Waals surface area contributed by atoms with Gasteiger partial charge in [-0.25, -0.2) is 0 Å². The van der Waals surface area contributed by atoms with E-state index in [1.165, 1.54) is 0 Å². The summed E-state index contributed by atoms with van der Waals surface area (Å²) in [5.74, 6) is 0.140. The molecule has 0 aromatic rings. The smallest absolute Gasteiger partial charge is 0.182 e. The highest BCUT2D eigenvalue weighted by molar-refractivity contribution is 6.31. The van der Waals surface area contributed by atoms with Crippen molar-refractivity contribution in [1.29, 1.82) is 0 Å². The second-order valence-corrected chi connectivity index (χ2v) is 3.92. The highest BCUT2D eigenvalue weighted by Gasteiger charge is 2.42. The molecule has 1 aliphatic heterocycles. The van der Waals surface area contributed by atoms with Gasteiger partial charge in [0, 0.05) is 0 Å². The third-order valence-electron chi connectivity index (χ3n) is 1.74. The molecule has 5 atom stereocenters. The maximum Gasteiger partial charge on any atom is 0.182 e. The van der Waals surface area contributed by atoms with E-state index in [1.54, 1.807) is 0 Å². The predicted octanol–water partition coefficient (Wildman–Crippen LogP) is 0.518. The molecule has 1 rings (SSSR count). The van der Waals surface area contributed by atoms with Crippen LogP contribution in [0.5, 0.6) is 0 Å². The standard InChI is InChI=1S/C6H9Cl3O3/c7-1-2-3(8)4(9)5(10)6(11)12-2/h2-6,10-11H,1H2/t2-,3-,4+,5-,6?/m1/s1. The maximum absolute atomic E-state index is 9.20. The first-order valence-corrected chi connectivity index (χ1v) is 4.84.